The molecule has 1 aliphatic heterocycles. The molecule has 0 bridgehead atoms. The summed E-state index contributed by atoms with van der Waals surface area (Å²) >= 11 is 0. The first-order valence-corrected chi connectivity index (χ1v) is 6.95. The van der Waals surface area contributed by atoms with Gasteiger partial charge in [-0.15, -0.1) is 0 Å². The number of fused-ring (bicyclic) bond motifs is 1. The topological polar surface area (TPSA) is 54.1 Å². The van der Waals surface area contributed by atoms with Gasteiger partial charge in [0.15, 0.2) is 0 Å². The number of rotatable bonds is 3. The zero-order valence-corrected chi connectivity index (χ0v) is 11.5. The molecule has 1 atom stereocenters. The molecular formula is C16H18N2O2. The van der Waals surface area contributed by atoms with Crippen LogP contribution in [0.5, 0.6) is 0 Å². The zero-order chi connectivity index (χ0) is 13.9. The van der Waals surface area contributed by atoms with E-state index < -0.39 is 0 Å². The highest BCUT2D eigenvalue weighted by molar-refractivity contribution is 5.89. The predicted octanol–water partition coefficient (Wildman–Crippen LogP) is 2.69. The Labute approximate surface area is 117 Å². The van der Waals surface area contributed by atoms with E-state index in [1.165, 1.54) is 5.39 Å². The zero-order valence-electron chi connectivity index (χ0n) is 11.5. The summed E-state index contributed by atoms with van der Waals surface area (Å²) in [5.41, 5.74) is 3.02. The molecule has 2 aromatic rings. The molecule has 2 heterocycles. The van der Waals surface area contributed by atoms with Gasteiger partial charge in [-0.05, 0) is 30.9 Å². The number of aromatic amines is 1. The molecule has 4 heteroatoms. The van der Waals surface area contributed by atoms with E-state index in [0.29, 0.717) is 13.2 Å². The molecule has 104 valence electrons. The number of H-pyrrole nitrogens is 1. The fraction of sp³-hybridized carbons (Fsp3) is 0.312. The van der Waals surface area contributed by atoms with Crippen LogP contribution in [-0.4, -0.2) is 24.1 Å². The molecular weight excluding hydrogens is 252 g/mol. The standard InChI is InChI=1S/C16H18N2O2/c1-2-20-16(19)12-7-8-14(17-10-12)15-9-11-5-3-4-6-13(11)18-15/h3-7,9,14,17-18H,2,8,10H2,1H3. The number of carbonyl (C=O) groups excluding carboxylic acids is 1. The second-order valence-corrected chi connectivity index (χ2v) is 4.93. The van der Waals surface area contributed by atoms with E-state index in [0.717, 1.165) is 23.2 Å². The number of benzene rings is 1. The number of carbonyl (C=O) groups is 1. The van der Waals surface area contributed by atoms with Crippen molar-refractivity contribution in [3.8, 4) is 0 Å². The summed E-state index contributed by atoms with van der Waals surface area (Å²) in [6, 6.07) is 10.6. The van der Waals surface area contributed by atoms with Gasteiger partial charge in [-0.25, -0.2) is 4.79 Å². The Kier molecular flexibility index (Phi) is 3.56. The summed E-state index contributed by atoms with van der Waals surface area (Å²) < 4.78 is 5.02. The van der Waals surface area contributed by atoms with Crippen molar-refractivity contribution < 1.29 is 9.53 Å². The number of aromatic nitrogens is 1. The molecule has 1 aromatic heterocycles. The lowest BCUT2D eigenvalue weighted by molar-refractivity contribution is -0.138. The highest BCUT2D eigenvalue weighted by Crippen LogP contribution is 2.25. The molecule has 1 unspecified atom stereocenters. The van der Waals surface area contributed by atoms with E-state index in [1.54, 1.807) is 0 Å². The average Bonchev–Trinajstić information content (AvgIpc) is 2.91. The summed E-state index contributed by atoms with van der Waals surface area (Å²) in [6.45, 7) is 2.79. The summed E-state index contributed by atoms with van der Waals surface area (Å²) in [4.78, 5) is 15.1. The molecule has 0 saturated carbocycles. The van der Waals surface area contributed by atoms with Crippen molar-refractivity contribution in [2.75, 3.05) is 13.2 Å². The number of hydrogen-bond acceptors (Lipinski definition) is 3. The van der Waals surface area contributed by atoms with Gasteiger partial charge < -0.3 is 15.0 Å². The molecule has 0 amide bonds. The van der Waals surface area contributed by atoms with Crippen LogP contribution in [0.25, 0.3) is 10.9 Å². The van der Waals surface area contributed by atoms with E-state index in [-0.39, 0.29) is 12.0 Å². The fourth-order valence-corrected chi connectivity index (χ4v) is 2.55. The van der Waals surface area contributed by atoms with Gasteiger partial charge in [0.1, 0.15) is 0 Å². The van der Waals surface area contributed by atoms with Crippen LogP contribution in [0, 0.1) is 0 Å². The number of esters is 1. The fourth-order valence-electron chi connectivity index (χ4n) is 2.55. The first-order valence-electron chi connectivity index (χ1n) is 6.95. The smallest absolute Gasteiger partial charge is 0.334 e. The minimum Gasteiger partial charge on any atom is -0.463 e. The number of para-hydroxylation sites is 1. The summed E-state index contributed by atoms with van der Waals surface area (Å²) in [5.74, 6) is -0.213. The van der Waals surface area contributed by atoms with Gasteiger partial charge in [0.2, 0.25) is 0 Å². The summed E-state index contributed by atoms with van der Waals surface area (Å²) in [6.07, 6.45) is 2.77. The lowest BCUT2D eigenvalue weighted by Gasteiger charge is -2.22. The molecule has 2 N–H and O–H groups in total. The summed E-state index contributed by atoms with van der Waals surface area (Å²) in [5, 5.41) is 4.60. The molecule has 0 radical (unpaired) electrons. The van der Waals surface area contributed by atoms with Crippen molar-refractivity contribution in [2.45, 2.75) is 19.4 Å². The van der Waals surface area contributed by atoms with E-state index in [2.05, 4.69) is 28.5 Å². The Morgan fingerprint density at radius 3 is 2.95 bits per heavy atom. The Morgan fingerprint density at radius 2 is 2.25 bits per heavy atom. The monoisotopic (exact) mass is 270 g/mol. The second-order valence-electron chi connectivity index (χ2n) is 4.93. The van der Waals surface area contributed by atoms with Gasteiger partial charge in [0.25, 0.3) is 0 Å². The lowest BCUT2D eigenvalue weighted by atomic mass is 10.0. The first-order chi connectivity index (χ1) is 9.78. The van der Waals surface area contributed by atoms with Crippen LogP contribution in [-0.2, 0) is 9.53 Å². The molecule has 0 fully saturated rings. The molecule has 1 aromatic carbocycles. The SMILES string of the molecule is CCOC(=O)C1=CCC(c2cc3ccccc3[nH]2)NC1. The van der Waals surface area contributed by atoms with Gasteiger partial charge in [-0.1, -0.05) is 24.3 Å². The Balaban J connectivity index is 1.75. The normalized spacial score (nSPS) is 18.9. The number of ether oxygens (including phenoxy) is 1. The van der Waals surface area contributed by atoms with E-state index in [1.807, 2.05) is 25.1 Å². The number of nitrogens with one attached hydrogen (secondary N) is 2. The average molecular weight is 270 g/mol. The Hall–Kier alpha value is -2.07. The highest BCUT2D eigenvalue weighted by atomic mass is 16.5. The third-order valence-electron chi connectivity index (χ3n) is 3.60. The molecule has 0 aliphatic carbocycles. The van der Waals surface area contributed by atoms with Gasteiger partial charge >= 0.3 is 5.97 Å². The molecule has 1 aliphatic rings. The van der Waals surface area contributed by atoms with Crippen LogP contribution in [0.2, 0.25) is 0 Å². The van der Waals surface area contributed by atoms with Gasteiger partial charge in [-0.2, -0.15) is 0 Å². The van der Waals surface area contributed by atoms with Crippen molar-refractivity contribution in [1.82, 2.24) is 10.3 Å². The van der Waals surface area contributed by atoms with Gasteiger partial charge in [-0.3, -0.25) is 0 Å². The molecule has 20 heavy (non-hydrogen) atoms. The van der Waals surface area contributed by atoms with E-state index >= 15 is 0 Å². The predicted molar refractivity (Wildman–Crippen MR) is 78.4 cm³/mol. The maximum atomic E-state index is 11.6. The van der Waals surface area contributed by atoms with Gasteiger partial charge in [0.05, 0.1) is 12.6 Å². The van der Waals surface area contributed by atoms with Crippen molar-refractivity contribution in [3.63, 3.8) is 0 Å². The van der Waals surface area contributed by atoms with Crippen LogP contribution < -0.4 is 5.32 Å². The largest absolute Gasteiger partial charge is 0.463 e. The second kappa shape index (κ2) is 5.51. The summed E-state index contributed by atoms with van der Waals surface area (Å²) in [7, 11) is 0. The number of hydrogen-bond donors (Lipinski definition) is 2. The first kappa shape index (κ1) is 12.9. The highest BCUT2D eigenvalue weighted by Gasteiger charge is 2.21. The van der Waals surface area contributed by atoms with Crippen LogP contribution >= 0.6 is 0 Å². The van der Waals surface area contributed by atoms with Crippen LogP contribution in [0.15, 0.2) is 42.0 Å². The molecule has 0 saturated heterocycles. The van der Waals surface area contributed by atoms with E-state index in [9.17, 15) is 4.79 Å². The minimum absolute atomic E-state index is 0.213. The quantitative estimate of drug-likeness (QED) is 0.843. The third-order valence-corrected chi connectivity index (χ3v) is 3.60. The molecule has 4 nitrogen and oxygen atoms in total. The molecule has 0 spiro atoms. The minimum atomic E-state index is -0.213. The Morgan fingerprint density at radius 1 is 1.40 bits per heavy atom. The van der Waals surface area contributed by atoms with Crippen molar-refractivity contribution in [2.24, 2.45) is 0 Å². The van der Waals surface area contributed by atoms with Crippen molar-refractivity contribution in [3.05, 3.63) is 47.7 Å². The van der Waals surface area contributed by atoms with Crippen LogP contribution in [0.4, 0.5) is 0 Å². The van der Waals surface area contributed by atoms with Crippen molar-refractivity contribution in [1.29, 1.82) is 0 Å². The van der Waals surface area contributed by atoms with Gasteiger partial charge in [0, 0.05) is 23.3 Å². The Bertz CT molecular complexity index is 624. The van der Waals surface area contributed by atoms with Crippen molar-refractivity contribution >= 4 is 16.9 Å². The van der Waals surface area contributed by atoms with Crippen LogP contribution in [0.3, 0.4) is 0 Å². The third kappa shape index (κ3) is 2.47. The van der Waals surface area contributed by atoms with E-state index in [4.69, 9.17) is 4.74 Å². The lowest BCUT2D eigenvalue weighted by Crippen LogP contribution is -2.30. The maximum absolute atomic E-state index is 11.6. The van der Waals surface area contributed by atoms with Crippen LogP contribution in [0.1, 0.15) is 25.1 Å². The maximum Gasteiger partial charge on any atom is 0.334 e. The molecule has 3 rings (SSSR count).